The number of halogens is 2. The van der Waals surface area contributed by atoms with Crippen molar-refractivity contribution < 1.29 is 18.3 Å². The van der Waals surface area contributed by atoms with Crippen LogP contribution in [0.25, 0.3) is 10.9 Å². The lowest BCUT2D eigenvalue weighted by atomic mass is 10.1. The van der Waals surface area contributed by atoms with Gasteiger partial charge < -0.3 is 10.1 Å². The number of fused-ring (bicyclic) bond motifs is 1. The average Bonchev–Trinajstić information content (AvgIpc) is 2.78. The molecule has 3 aromatic carbocycles. The van der Waals surface area contributed by atoms with Crippen LogP contribution in [0.1, 0.15) is 21.5 Å². The Bertz CT molecular complexity index is 1190. The topological polar surface area (TPSA) is 51.2 Å². The van der Waals surface area contributed by atoms with Crippen LogP contribution in [0.4, 0.5) is 8.78 Å². The number of ether oxygens (including phenoxy) is 1. The molecule has 4 aromatic rings. The Morgan fingerprint density at radius 1 is 0.900 bits per heavy atom. The highest BCUT2D eigenvalue weighted by atomic mass is 19.2. The number of pyridine rings is 1. The summed E-state index contributed by atoms with van der Waals surface area (Å²) in [4.78, 5) is 16.7. The predicted octanol–water partition coefficient (Wildman–Crippen LogP) is 5.02. The Morgan fingerprint density at radius 3 is 2.50 bits per heavy atom. The van der Waals surface area contributed by atoms with E-state index in [1.807, 2.05) is 36.4 Å². The molecular formula is C24H18F2N2O2. The smallest absolute Gasteiger partial charge is 0.251 e. The van der Waals surface area contributed by atoms with E-state index in [-0.39, 0.29) is 12.5 Å². The fourth-order valence-electron chi connectivity index (χ4n) is 3.00. The molecule has 4 nitrogen and oxygen atoms in total. The molecular weight excluding hydrogens is 386 g/mol. The number of carbonyl (C=O) groups is 1. The van der Waals surface area contributed by atoms with Crippen LogP contribution in [0.3, 0.4) is 0 Å². The minimum Gasteiger partial charge on any atom is -0.489 e. The van der Waals surface area contributed by atoms with Gasteiger partial charge in [-0.2, -0.15) is 0 Å². The summed E-state index contributed by atoms with van der Waals surface area (Å²) in [6.45, 7) is 0.497. The quantitative estimate of drug-likeness (QED) is 0.491. The molecule has 0 atom stereocenters. The minimum atomic E-state index is -0.898. The standard InChI is InChI=1S/C24H18F2N2O2/c25-21-9-5-17(12-22(21)26)15-30-20-7-3-16(4-8-20)14-28-24(29)19-6-10-23-18(13-19)2-1-11-27-23/h1-13H,14-15H2,(H,28,29). The summed E-state index contributed by atoms with van der Waals surface area (Å²) in [6.07, 6.45) is 1.72. The first kappa shape index (κ1) is 19.5. The molecule has 4 rings (SSSR count). The van der Waals surface area contributed by atoms with E-state index < -0.39 is 11.6 Å². The summed E-state index contributed by atoms with van der Waals surface area (Å²) in [6, 6.07) is 20.0. The van der Waals surface area contributed by atoms with Gasteiger partial charge in [0.05, 0.1) is 5.52 Å². The van der Waals surface area contributed by atoms with E-state index in [0.29, 0.717) is 23.4 Å². The van der Waals surface area contributed by atoms with Gasteiger partial charge in [-0.05, 0) is 59.7 Å². The number of carbonyl (C=O) groups excluding carboxylic acids is 1. The third-order valence-electron chi connectivity index (χ3n) is 4.63. The van der Waals surface area contributed by atoms with Crippen LogP contribution < -0.4 is 10.1 Å². The Balaban J connectivity index is 1.32. The monoisotopic (exact) mass is 404 g/mol. The summed E-state index contributed by atoms with van der Waals surface area (Å²) >= 11 is 0. The van der Waals surface area contributed by atoms with Gasteiger partial charge in [-0.15, -0.1) is 0 Å². The van der Waals surface area contributed by atoms with Gasteiger partial charge in [-0.1, -0.05) is 24.3 Å². The van der Waals surface area contributed by atoms with Gasteiger partial charge in [0.15, 0.2) is 11.6 Å². The van der Waals surface area contributed by atoms with Crippen molar-refractivity contribution in [3.8, 4) is 5.75 Å². The molecule has 6 heteroatoms. The van der Waals surface area contributed by atoms with E-state index in [1.165, 1.54) is 6.07 Å². The second-order valence-electron chi connectivity index (χ2n) is 6.77. The molecule has 0 spiro atoms. The number of benzene rings is 3. The van der Waals surface area contributed by atoms with Crippen LogP contribution in [-0.4, -0.2) is 10.9 Å². The number of amides is 1. The summed E-state index contributed by atoms with van der Waals surface area (Å²) < 4.78 is 31.8. The first-order valence-electron chi connectivity index (χ1n) is 9.37. The maximum atomic E-state index is 13.2. The average molecular weight is 404 g/mol. The van der Waals surface area contributed by atoms with Crippen LogP contribution in [0.15, 0.2) is 79.0 Å². The van der Waals surface area contributed by atoms with Gasteiger partial charge in [-0.25, -0.2) is 8.78 Å². The highest BCUT2D eigenvalue weighted by molar-refractivity contribution is 5.97. The maximum Gasteiger partial charge on any atom is 0.251 e. The Morgan fingerprint density at radius 2 is 1.70 bits per heavy atom. The Hall–Kier alpha value is -3.80. The molecule has 0 aliphatic rings. The summed E-state index contributed by atoms with van der Waals surface area (Å²) in [7, 11) is 0. The fraction of sp³-hybridized carbons (Fsp3) is 0.0833. The highest BCUT2D eigenvalue weighted by Crippen LogP contribution is 2.16. The lowest BCUT2D eigenvalue weighted by Crippen LogP contribution is -2.22. The van der Waals surface area contributed by atoms with Gasteiger partial charge in [0.1, 0.15) is 12.4 Å². The van der Waals surface area contributed by atoms with Crippen LogP contribution in [0.2, 0.25) is 0 Å². The van der Waals surface area contributed by atoms with Crippen molar-refractivity contribution in [2.45, 2.75) is 13.2 Å². The van der Waals surface area contributed by atoms with Gasteiger partial charge in [0.2, 0.25) is 0 Å². The number of nitrogens with zero attached hydrogens (tertiary/aromatic N) is 1. The molecule has 0 bridgehead atoms. The van der Waals surface area contributed by atoms with E-state index >= 15 is 0 Å². The lowest BCUT2D eigenvalue weighted by Gasteiger charge is -2.09. The summed E-state index contributed by atoms with van der Waals surface area (Å²) in [5.41, 5.74) is 2.86. The van der Waals surface area contributed by atoms with Crippen LogP contribution in [0, 0.1) is 11.6 Å². The van der Waals surface area contributed by atoms with Crippen molar-refractivity contribution in [1.29, 1.82) is 0 Å². The third-order valence-corrected chi connectivity index (χ3v) is 4.63. The third kappa shape index (κ3) is 4.60. The second kappa shape index (κ2) is 8.69. The van der Waals surface area contributed by atoms with Crippen molar-refractivity contribution in [1.82, 2.24) is 10.3 Å². The molecule has 0 fully saturated rings. The van der Waals surface area contributed by atoms with Gasteiger partial charge in [0, 0.05) is 23.7 Å². The molecule has 1 aromatic heterocycles. The zero-order valence-corrected chi connectivity index (χ0v) is 15.9. The molecule has 0 saturated carbocycles. The van der Waals surface area contributed by atoms with E-state index in [1.54, 1.807) is 24.4 Å². The molecule has 0 radical (unpaired) electrons. The van der Waals surface area contributed by atoms with Crippen molar-refractivity contribution in [3.63, 3.8) is 0 Å². The minimum absolute atomic E-state index is 0.129. The number of aromatic nitrogens is 1. The van der Waals surface area contributed by atoms with Gasteiger partial charge >= 0.3 is 0 Å². The Kier molecular flexibility index (Phi) is 5.66. The molecule has 150 valence electrons. The highest BCUT2D eigenvalue weighted by Gasteiger charge is 2.07. The second-order valence-corrected chi connectivity index (χ2v) is 6.77. The van der Waals surface area contributed by atoms with Crippen molar-refractivity contribution in [2.24, 2.45) is 0 Å². The van der Waals surface area contributed by atoms with Crippen molar-refractivity contribution >= 4 is 16.8 Å². The van der Waals surface area contributed by atoms with E-state index in [9.17, 15) is 13.6 Å². The van der Waals surface area contributed by atoms with Crippen LogP contribution >= 0.6 is 0 Å². The molecule has 0 saturated heterocycles. The molecule has 1 heterocycles. The van der Waals surface area contributed by atoms with Gasteiger partial charge in [0.25, 0.3) is 5.91 Å². The van der Waals surface area contributed by atoms with Crippen LogP contribution in [0.5, 0.6) is 5.75 Å². The summed E-state index contributed by atoms with van der Waals surface area (Å²) in [5.74, 6) is -1.35. The lowest BCUT2D eigenvalue weighted by molar-refractivity contribution is 0.0951. The maximum absolute atomic E-state index is 13.2. The zero-order valence-electron chi connectivity index (χ0n) is 15.9. The Labute approximate surface area is 172 Å². The molecule has 1 amide bonds. The normalized spacial score (nSPS) is 10.7. The zero-order chi connectivity index (χ0) is 20.9. The van der Waals surface area contributed by atoms with E-state index in [0.717, 1.165) is 28.6 Å². The van der Waals surface area contributed by atoms with E-state index in [4.69, 9.17) is 4.74 Å². The van der Waals surface area contributed by atoms with Gasteiger partial charge in [-0.3, -0.25) is 9.78 Å². The predicted molar refractivity (Wildman–Crippen MR) is 110 cm³/mol. The van der Waals surface area contributed by atoms with Crippen LogP contribution in [-0.2, 0) is 13.2 Å². The molecule has 0 aliphatic carbocycles. The first-order valence-corrected chi connectivity index (χ1v) is 9.37. The number of hydrogen-bond acceptors (Lipinski definition) is 3. The SMILES string of the molecule is O=C(NCc1ccc(OCc2ccc(F)c(F)c2)cc1)c1ccc2ncccc2c1. The van der Waals surface area contributed by atoms with Crippen molar-refractivity contribution in [3.05, 3.63) is 107 Å². The molecule has 1 N–H and O–H groups in total. The number of rotatable bonds is 6. The largest absolute Gasteiger partial charge is 0.489 e. The van der Waals surface area contributed by atoms with Crippen molar-refractivity contribution in [2.75, 3.05) is 0 Å². The molecule has 0 unspecified atom stereocenters. The molecule has 0 aliphatic heterocycles. The van der Waals surface area contributed by atoms with E-state index in [2.05, 4.69) is 10.3 Å². The first-order chi connectivity index (χ1) is 14.6. The number of nitrogens with one attached hydrogen (secondary N) is 1. The number of hydrogen-bond donors (Lipinski definition) is 1. The summed E-state index contributed by atoms with van der Waals surface area (Å²) in [5, 5.41) is 3.80. The molecule has 30 heavy (non-hydrogen) atoms. The fourth-order valence-corrected chi connectivity index (χ4v) is 3.00.